The van der Waals surface area contributed by atoms with Crippen molar-refractivity contribution in [1.82, 2.24) is 4.90 Å². The first-order chi connectivity index (χ1) is 10.9. The van der Waals surface area contributed by atoms with Gasteiger partial charge in [-0.15, -0.1) is 6.42 Å². The lowest BCUT2D eigenvalue weighted by molar-refractivity contribution is -0.231. The van der Waals surface area contributed by atoms with Crippen molar-refractivity contribution in [3.05, 3.63) is 35.9 Å². The van der Waals surface area contributed by atoms with Gasteiger partial charge in [0.1, 0.15) is 6.61 Å². The Labute approximate surface area is 132 Å². The van der Waals surface area contributed by atoms with Gasteiger partial charge in [0.2, 0.25) is 0 Å². The van der Waals surface area contributed by atoms with Crippen LogP contribution in [0.25, 0.3) is 0 Å². The number of alkyl halides is 3. The average Bonchev–Trinajstić information content (AvgIpc) is 2.78. The Balaban J connectivity index is 1.62. The smallest absolute Gasteiger partial charge is 0.410 e. The second kappa shape index (κ2) is 5.48. The van der Waals surface area contributed by atoms with Crippen molar-refractivity contribution in [2.24, 2.45) is 17.3 Å². The topological polar surface area (TPSA) is 29.5 Å². The second-order valence-electron chi connectivity index (χ2n) is 6.18. The molecule has 3 nitrogen and oxygen atoms in total. The van der Waals surface area contributed by atoms with Gasteiger partial charge in [0.05, 0.1) is 11.3 Å². The van der Waals surface area contributed by atoms with E-state index in [0.717, 1.165) is 5.56 Å². The Morgan fingerprint density at radius 1 is 1.39 bits per heavy atom. The fourth-order valence-corrected chi connectivity index (χ4v) is 3.54. The van der Waals surface area contributed by atoms with Gasteiger partial charge in [-0.05, 0) is 12.0 Å². The van der Waals surface area contributed by atoms with E-state index in [-0.39, 0.29) is 26.1 Å². The number of halogens is 3. The molecule has 1 saturated heterocycles. The maximum Gasteiger partial charge on any atom is 0.410 e. The van der Waals surface area contributed by atoms with Crippen molar-refractivity contribution in [2.45, 2.75) is 19.2 Å². The zero-order valence-corrected chi connectivity index (χ0v) is 12.3. The molecule has 0 spiro atoms. The van der Waals surface area contributed by atoms with Gasteiger partial charge in [0.25, 0.3) is 0 Å². The van der Waals surface area contributed by atoms with Crippen LogP contribution in [-0.4, -0.2) is 30.3 Å². The van der Waals surface area contributed by atoms with Crippen LogP contribution in [0.15, 0.2) is 30.3 Å². The van der Waals surface area contributed by atoms with Crippen molar-refractivity contribution in [1.29, 1.82) is 0 Å². The van der Waals surface area contributed by atoms with Gasteiger partial charge in [-0.3, -0.25) is 0 Å². The monoisotopic (exact) mass is 323 g/mol. The summed E-state index contributed by atoms with van der Waals surface area (Å²) in [5, 5.41) is 0. The molecule has 0 N–H and O–H groups in total. The third-order valence-corrected chi connectivity index (χ3v) is 4.84. The Bertz CT molecular complexity index is 637. The molecule has 6 heteroatoms. The van der Waals surface area contributed by atoms with Crippen LogP contribution in [0.5, 0.6) is 0 Å². The van der Waals surface area contributed by atoms with Gasteiger partial charge in [-0.1, -0.05) is 36.3 Å². The van der Waals surface area contributed by atoms with Crippen LogP contribution in [0, 0.1) is 29.6 Å². The van der Waals surface area contributed by atoms with Crippen LogP contribution >= 0.6 is 0 Å². The zero-order valence-electron chi connectivity index (χ0n) is 12.3. The van der Waals surface area contributed by atoms with Gasteiger partial charge < -0.3 is 9.64 Å². The van der Waals surface area contributed by atoms with Crippen molar-refractivity contribution in [3.63, 3.8) is 0 Å². The Kier molecular flexibility index (Phi) is 3.75. The number of hydrogen-bond acceptors (Lipinski definition) is 2. The standard InChI is InChI=1S/C17H16F3NO2/c1-2-16-8-13(17(18,19)20)14(16)9-21(11-16)15(22)23-10-12-6-4-3-5-7-12/h1,3-7,13-14H,8-11H2/t13-,14+,16+/m1/s1. The maximum atomic E-state index is 12.9. The minimum absolute atomic E-state index is 0.00198. The number of ether oxygens (including phenoxy) is 1. The molecule has 0 unspecified atom stereocenters. The van der Waals surface area contributed by atoms with Gasteiger partial charge in [0, 0.05) is 19.0 Å². The molecule has 0 bridgehead atoms. The molecule has 0 aromatic heterocycles. The van der Waals surface area contributed by atoms with Crippen LogP contribution in [-0.2, 0) is 11.3 Å². The molecule has 1 heterocycles. The predicted octanol–water partition coefficient (Wildman–Crippen LogP) is 3.46. The normalized spacial score (nSPS) is 29.4. The third-order valence-electron chi connectivity index (χ3n) is 4.84. The number of benzene rings is 1. The number of carbonyl (C=O) groups is 1. The van der Waals surface area contributed by atoms with Crippen molar-refractivity contribution >= 4 is 6.09 Å². The Hall–Kier alpha value is -2.16. The van der Waals surface area contributed by atoms with Crippen LogP contribution in [0.3, 0.4) is 0 Å². The molecular weight excluding hydrogens is 307 g/mol. The van der Waals surface area contributed by atoms with Crippen molar-refractivity contribution in [3.8, 4) is 12.3 Å². The molecule has 2 fully saturated rings. The first-order valence-corrected chi connectivity index (χ1v) is 7.36. The summed E-state index contributed by atoms with van der Waals surface area (Å²) in [5.41, 5.74) is -0.0331. The number of carbonyl (C=O) groups excluding carboxylic acids is 1. The highest BCUT2D eigenvalue weighted by Crippen LogP contribution is 2.60. The summed E-state index contributed by atoms with van der Waals surface area (Å²) < 4.78 is 44.0. The number of likely N-dealkylation sites (tertiary alicyclic amines) is 1. The SMILES string of the molecule is C#C[C@@]12C[C@@H](C(F)(F)F)[C@@H]1CN(C(=O)OCc1ccccc1)C2. The number of nitrogens with zero attached hydrogens (tertiary/aromatic N) is 1. The number of rotatable bonds is 2. The lowest BCUT2D eigenvalue weighted by atomic mass is 9.55. The highest BCUT2D eigenvalue weighted by Gasteiger charge is 2.66. The summed E-state index contributed by atoms with van der Waals surface area (Å²) in [4.78, 5) is 13.4. The van der Waals surface area contributed by atoms with Crippen LogP contribution in [0.1, 0.15) is 12.0 Å². The van der Waals surface area contributed by atoms with Gasteiger partial charge in [-0.25, -0.2) is 4.79 Å². The van der Waals surface area contributed by atoms with E-state index in [4.69, 9.17) is 11.2 Å². The maximum absolute atomic E-state index is 12.9. The highest BCUT2D eigenvalue weighted by atomic mass is 19.4. The molecule has 0 radical (unpaired) electrons. The van der Waals surface area contributed by atoms with Gasteiger partial charge in [0.15, 0.2) is 0 Å². The Morgan fingerprint density at radius 2 is 2.09 bits per heavy atom. The first-order valence-electron chi connectivity index (χ1n) is 7.36. The summed E-state index contributed by atoms with van der Waals surface area (Å²) >= 11 is 0. The molecule has 1 aliphatic heterocycles. The van der Waals surface area contributed by atoms with E-state index in [1.807, 2.05) is 30.3 Å². The third kappa shape index (κ3) is 2.76. The van der Waals surface area contributed by atoms with Gasteiger partial charge >= 0.3 is 12.3 Å². The van der Waals surface area contributed by atoms with E-state index < -0.39 is 29.5 Å². The van der Waals surface area contributed by atoms with Gasteiger partial charge in [-0.2, -0.15) is 13.2 Å². The second-order valence-corrected chi connectivity index (χ2v) is 6.18. The van der Waals surface area contributed by atoms with E-state index in [1.54, 1.807) is 0 Å². The van der Waals surface area contributed by atoms with Crippen LogP contribution in [0.4, 0.5) is 18.0 Å². The van der Waals surface area contributed by atoms with E-state index in [0.29, 0.717) is 0 Å². The molecule has 1 amide bonds. The van der Waals surface area contributed by atoms with E-state index >= 15 is 0 Å². The number of terminal acetylenes is 1. The molecule has 2 aliphatic rings. The number of fused-ring (bicyclic) bond motifs is 1. The summed E-state index contributed by atoms with van der Waals surface area (Å²) in [6.07, 6.45) is 0.454. The fourth-order valence-electron chi connectivity index (χ4n) is 3.54. The van der Waals surface area contributed by atoms with Crippen LogP contribution in [0.2, 0.25) is 0 Å². The van der Waals surface area contributed by atoms with Crippen molar-refractivity contribution in [2.75, 3.05) is 13.1 Å². The summed E-state index contributed by atoms with van der Waals surface area (Å²) in [7, 11) is 0. The minimum Gasteiger partial charge on any atom is -0.445 e. The lowest BCUT2D eigenvalue weighted by Crippen LogP contribution is -2.52. The molecule has 23 heavy (non-hydrogen) atoms. The number of hydrogen-bond donors (Lipinski definition) is 0. The lowest BCUT2D eigenvalue weighted by Gasteiger charge is -2.47. The van der Waals surface area contributed by atoms with E-state index in [9.17, 15) is 18.0 Å². The molecule has 1 saturated carbocycles. The highest BCUT2D eigenvalue weighted by molar-refractivity contribution is 5.68. The predicted molar refractivity (Wildman–Crippen MR) is 77.1 cm³/mol. The largest absolute Gasteiger partial charge is 0.445 e. The number of amides is 1. The molecule has 1 aromatic rings. The van der Waals surface area contributed by atoms with Crippen molar-refractivity contribution < 1.29 is 22.7 Å². The minimum atomic E-state index is -4.27. The van der Waals surface area contributed by atoms with E-state index in [1.165, 1.54) is 4.90 Å². The summed E-state index contributed by atoms with van der Waals surface area (Å²) in [6.45, 7) is 0.225. The quantitative estimate of drug-likeness (QED) is 0.780. The fraction of sp³-hybridized carbons (Fsp3) is 0.471. The molecule has 1 aliphatic carbocycles. The summed E-state index contributed by atoms with van der Waals surface area (Å²) in [6, 6.07) is 9.10. The first kappa shape index (κ1) is 15.7. The Morgan fingerprint density at radius 3 is 2.70 bits per heavy atom. The molecule has 3 atom stereocenters. The zero-order chi connectivity index (χ0) is 16.7. The molecule has 122 valence electrons. The van der Waals surface area contributed by atoms with E-state index in [2.05, 4.69) is 5.92 Å². The van der Waals surface area contributed by atoms with Crippen LogP contribution < -0.4 is 0 Å². The summed E-state index contributed by atoms with van der Waals surface area (Å²) in [5.74, 6) is 0.337. The average molecular weight is 323 g/mol. The molecule has 3 rings (SSSR count). The molecule has 1 aromatic carbocycles. The molecular formula is C17H16F3NO2.